The highest BCUT2D eigenvalue weighted by atomic mass is 79.9. The second-order valence-electron chi connectivity index (χ2n) is 5.70. The first-order chi connectivity index (χ1) is 12.6. The summed E-state index contributed by atoms with van der Waals surface area (Å²) in [6.45, 7) is -0.203. The summed E-state index contributed by atoms with van der Waals surface area (Å²) in [5.74, 6) is 1.51. The van der Waals surface area contributed by atoms with Gasteiger partial charge in [-0.1, -0.05) is 33.2 Å². The Morgan fingerprint density at radius 2 is 2.04 bits per heavy atom. The summed E-state index contributed by atoms with van der Waals surface area (Å²) in [5, 5.41) is 10.9. The molecule has 7 nitrogen and oxygen atoms in total. The van der Waals surface area contributed by atoms with Crippen LogP contribution in [0.2, 0.25) is 0 Å². The predicted octanol–water partition coefficient (Wildman–Crippen LogP) is 3.05. The second kappa shape index (κ2) is 7.08. The summed E-state index contributed by atoms with van der Waals surface area (Å²) in [6.07, 6.45) is 0. The highest BCUT2D eigenvalue weighted by Gasteiger charge is 2.23. The maximum Gasteiger partial charge on any atom is 0.267 e. The Balaban J connectivity index is 1.53. The zero-order chi connectivity index (χ0) is 18.1. The molecule has 3 aromatic rings. The molecular weight excluding hydrogens is 420 g/mol. The van der Waals surface area contributed by atoms with Crippen LogP contribution in [0.25, 0.3) is 11.3 Å². The third-order valence-electron chi connectivity index (χ3n) is 3.91. The van der Waals surface area contributed by atoms with E-state index in [1.165, 1.54) is 6.07 Å². The minimum Gasteiger partial charge on any atom is -0.338 e. The fraction of sp³-hybridized carbons (Fsp3) is 0.176. The van der Waals surface area contributed by atoms with Gasteiger partial charge < -0.3 is 4.52 Å². The van der Waals surface area contributed by atoms with Crippen LogP contribution in [0.15, 0.2) is 50.2 Å². The average molecular weight is 433 g/mol. The number of nitrogens with one attached hydrogen (secondary N) is 1. The summed E-state index contributed by atoms with van der Waals surface area (Å²) in [6, 6.07) is 10.6. The molecule has 0 saturated heterocycles. The van der Waals surface area contributed by atoms with Crippen molar-refractivity contribution in [2.45, 2.75) is 18.1 Å². The zero-order valence-corrected chi connectivity index (χ0v) is 15.8. The largest absolute Gasteiger partial charge is 0.338 e. The molecule has 0 fully saturated rings. The van der Waals surface area contributed by atoms with Crippen molar-refractivity contribution in [2.24, 2.45) is 0 Å². The van der Waals surface area contributed by atoms with Gasteiger partial charge in [0.25, 0.3) is 5.56 Å². The third kappa shape index (κ3) is 3.45. The number of nitrogens with zero attached hydrogens (tertiary/aromatic N) is 3. The highest BCUT2D eigenvalue weighted by molar-refractivity contribution is 9.10. The van der Waals surface area contributed by atoms with Crippen LogP contribution in [0.3, 0.4) is 0 Å². The molecule has 132 valence electrons. The number of rotatable bonds is 4. The van der Waals surface area contributed by atoms with E-state index in [2.05, 4.69) is 31.5 Å². The van der Waals surface area contributed by atoms with Gasteiger partial charge >= 0.3 is 0 Å². The minimum absolute atomic E-state index is 0.203. The second-order valence-corrected chi connectivity index (χ2v) is 7.60. The van der Waals surface area contributed by atoms with Gasteiger partial charge in [0.15, 0.2) is 0 Å². The Kier molecular flexibility index (Phi) is 4.64. The van der Waals surface area contributed by atoms with Crippen molar-refractivity contribution in [1.82, 2.24) is 14.9 Å². The quantitative estimate of drug-likeness (QED) is 0.681. The minimum atomic E-state index is -0.386. The molecule has 1 aliphatic heterocycles. The fourth-order valence-corrected chi connectivity index (χ4v) is 3.88. The van der Waals surface area contributed by atoms with E-state index < -0.39 is 0 Å². The van der Waals surface area contributed by atoms with E-state index in [4.69, 9.17) is 4.52 Å². The molecule has 0 saturated carbocycles. The number of amides is 1. The summed E-state index contributed by atoms with van der Waals surface area (Å²) in [7, 11) is 0. The summed E-state index contributed by atoms with van der Waals surface area (Å²) in [5.41, 5.74) is 2.89. The van der Waals surface area contributed by atoms with Gasteiger partial charge in [-0.05, 0) is 18.2 Å². The number of anilines is 1. The summed E-state index contributed by atoms with van der Waals surface area (Å²) in [4.78, 5) is 24.4. The Labute approximate surface area is 160 Å². The summed E-state index contributed by atoms with van der Waals surface area (Å²) >= 11 is 5.10. The number of hydrogen-bond acceptors (Lipinski definition) is 6. The number of halogens is 1. The van der Waals surface area contributed by atoms with Crippen LogP contribution >= 0.6 is 27.7 Å². The van der Waals surface area contributed by atoms with Gasteiger partial charge in [0.05, 0.1) is 17.0 Å². The van der Waals surface area contributed by atoms with E-state index in [9.17, 15) is 9.59 Å². The predicted molar refractivity (Wildman–Crippen MR) is 102 cm³/mol. The first kappa shape index (κ1) is 17.0. The van der Waals surface area contributed by atoms with Gasteiger partial charge in [-0.3, -0.25) is 14.9 Å². The molecule has 0 aliphatic carbocycles. The molecule has 1 N–H and O–H groups in total. The van der Waals surface area contributed by atoms with E-state index in [0.717, 1.165) is 37.5 Å². The smallest absolute Gasteiger partial charge is 0.267 e. The average Bonchev–Trinajstić information content (AvgIpc) is 3.23. The van der Waals surface area contributed by atoms with Crippen molar-refractivity contribution in [2.75, 3.05) is 5.32 Å². The van der Waals surface area contributed by atoms with E-state index in [1.807, 2.05) is 24.3 Å². The SMILES string of the molecule is O=C(Cn1nc(-c2ccc(Br)cc2)ccc1=O)Nc1onc2c1CSC2. The fourth-order valence-electron chi connectivity index (χ4n) is 2.59. The molecule has 0 bridgehead atoms. The van der Waals surface area contributed by atoms with E-state index in [0.29, 0.717) is 11.6 Å². The number of benzene rings is 1. The maximum absolute atomic E-state index is 12.3. The maximum atomic E-state index is 12.3. The Morgan fingerprint density at radius 1 is 1.23 bits per heavy atom. The van der Waals surface area contributed by atoms with Crippen LogP contribution in [0, 0.1) is 0 Å². The molecule has 26 heavy (non-hydrogen) atoms. The zero-order valence-electron chi connectivity index (χ0n) is 13.4. The first-order valence-corrected chi connectivity index (χ1v) is 9.74. The molecule has 2 aromatic heterocycles. The Morgan fingerprint density at radius 3 is 2.85 bits per heavy atom. The molecule has 4 rings (SSSR count). The lowest BCUT2D eigenvalue weighted by atomic mass is 10.1. The number of aromatic nitrogens is 3. The molecule has 0 atom stereocenters. The Hall–Kier alpha value is -2.39. The number of fused-ring (bicyclic) bond motifs is 1. The van der Waals surface area contributed by atoms with Gasteiger partial charge in [0, 0.05) is 27.6 Å². The number of thioether (sulfide) groups is 1. The van der Waals surface area contributed by atoms with Crippen LogP contribution in [0.1, 0.15) is 11.3 Å². The lowest BCUT2D eigenvalue weighted by Crippen LogP contribution is -2.29. The van der Waals surface area contributed by atoms with Crippen molar-refractivity contribution in [1.29, 1.82) is 0 Å². The standard InChI is InChI=1S/C17H13BrN4O3S/c18-11-3-1-10(2-4-11)13-5-6-16(24)22(20-13)7-15(23)19-17-12-8-26-9-14(12)21-25-17/h1-6H,7-9H2,(H,19,23). The van der Waals surface area contributed by atoms with Crippen molar-refractivity contribution in [3.63, 3.8) is 0 Å². The molecule has 1 aromatic carbocycles. The molecule has 9 heteroatoms. The van der Waals surface area contributed by atoms with Crippen LogP contribution in [0.5, 0.6) is 0 Å². The molecule has 0 radical (unpaired) electrons. The monoisotopic (exact) mass is 432 g/mol. The number of hydrogen-bond donors (Lipinski definition) is 1. The van der Waals surface area contributed by atoms with Gasteiger partial charge in [-0.15, -0.1) is 0 Å². The van der Waals surface area contributed by atoms with Crippen LogP contribution < -0.4 is 10.9 Å². The number of carbonyl (C=O) groups excluding carboxylic acids is 1. The van der Waals surface area contributed by atoms with Crippen LogP contribution in [-0.4, -0.2) is 20.8 Å². The third-order valence-corrected chi connectivity index (χ3v) is 5.41. The molecule has 1 amide bonds. The van der Waals surface area contributed by atoms with Crippen LogP contribution in [0.4, 0.5) is 5.88 Å². The van der Waals surface area contributed by atoms with Crippen molar-refractivity contribution >= 4 is 39.5 Å². The highest BCUT2D eigenvalue weighted by Crippen LogP contribution is 2.34. The van der Waals surface area contributed by atoms with Gasteiger partial charge in [-0.25, -0.2) is 4.68 Å². The van der Waals surface area contributed by atoms with E-state index in [-0.39, 0.29) is 18.0 Å². The topological polar surface area (TPSA) is 90.0 Å². The lowest BCUT2D eigenvalue weighted by Gasteiger charge is -2.07. The van der Waals surface area contributed by atoms with Crippen molar-refractivity contribution in [3.8, 4) is 11.3 Å². The van der Waals surface area contributed by atoms with Gasteiger partial charge in [0.1, 0.15) is 6.54 Å². The van der Waals surface area contributed by atoms with Crippen molar-refractivity contribution in [3.05, 3.63) is 62.5 Å². The molecule has 3 heterocycles. The first-order valence-electron chi connectivity index (χ1n) is 7.79. The molecule has 0 unspecified atom stereocenters. The summed E-state index contributed by atoms with van der Waals surface area (Å²) < 4.78 is 7.26. The van der Waals surface area contributed by atoms with Crippen molar-refractivity contribution < 1.29 is 9.32 Å². The van der Waals surface area contributed by atoms with Gasteiger partial charge in [0.2, 0.25) is 11.8 Å². The Bertz CT molecular complexity index is 1030. The van der Waals surface area contributed by atoms with E-state index >= 15 is 0 Å². The molecular formula is C17H13BrN4O3S. The lowest BCUT2D eigenvalue weighted by molar-refractivity contribution is -0.117. The molecule has 0 spiro atoms. The van der Waals surface area contributed by atoms with Crippen LogP contribution in [-0.2, 0) is 22.8 Å². The molecule has 1 aliphatic rings. The number of carbonyl (C=O) groups is 1. The van der Waals surface area contributed by atoms with Gasteiger partial charge in [-0.2, -0.15) is 16.9 Å². The van der Waals surface area contributed by atoms with E-state index in [1.54, 1.807) is 17.8 Å². The normalized spacial score (nSPS) is 12.8.